The summed E-state index contributed by atoms with van der Waals surface area (Å²) >= 11 is 1.53. The second-order valence-electron chi connectivity index (χ2n) is 10.0. The molecule has 39 heavy (non-hydrogen) atoms. The number of likely N-dealkylation sites (tertiary alicyclic amines) is 1. The Morgan fingerprint density at radius 1 is 1.21 bits per heavy atom. The largest absolute Gasteiger partial charge is 0.387 e. The van der Waals surface area contributed by atoms with E-state index in [9.17, 15) is 13.6 Å². The van der Waals surface area contributed by atoms with Crippen molar-refractivity contribution in [2.24, 2.45) is 11.1 Å². The number of aromatic nitrogens is 2. The molecule has 1 amide bonds. The smallest absolute Gasteiger partial charge is 0.241 e. The lowest BCUT2D eigenvalue weighted by atomic mass is 9.97. The van der Waals surface area contributed by atoms with Gasteiger partial charge in [0.1, 0.15) is 23.2 Å². The summed E-state index contributed by atoms with van der Waals surface area (Å²) in [5.74, 6) is -0.485. The van der Waals surface area contributed by atoms with Crippen molar-refractivity contribution < 1.29 is 18.4 Å². The molecule has 2 aromatic heterocycles. The van der Waals surface area contributed by atoms with Gasteiger partial charge in [-0.25, -0.2) is 18.7 Å². The van der Waals surface area contributed by atoms with Crippen molar-refractivity contribution in [3.8, 4) is 0 Å². The maximum atomic E-state index is 14.2. The van der Waals surface area contributed by atoms with Crippen molar-refractivity contribution in [1.82, 2.24) is 14.9 Å². The Morgan fingerprint density at radius 3 is 2.67 bits per heavy atom. The Kier molecular flexibility index (Phi) is 7.97. The van der Waals surface area contributed by atoms with Crippen LogP contribution in [0.4, 0.5) is 14.6 Å². The SMILES string of the molecule is CC(C)C(=N)c1cccnc1NCC(=O)N1CCC(c2nc(C3=NOC(c4c(F)cccc4F)C3)cs2)CC1. The number of oxime groups is 1. The number of carbonyl (C=O) groups excluding carboxylic acids is 1. The molecule has 0 saturated carbocycles. The molecule has 0 aliphatic carbocycles. The molecule has 0 bridgehead atoms. The molecule has 3 aromatic rings. The van der Waals surface area contributed by atoms with Crippen molar-refractivity contribution in [2.75, 3.05) is 25.0 Å². The molecule has 2 aliphatic rings. The highest BCUT2D eigenvalue weighted by molar-refractivity contribution is 7.10. The van der Waals surface area contributed by atoms with Crippen LogP contribution in [0.25, 0.3) is 0 Å². The quantitative estimate of drug-likeness (QED) is 0.358. The molecule has 1 unspecified atom stereocenters. The number of halogens is 2. The molecule has 1 atom stereocenters. The summed E-state index contributed by atoms with van der Waals surface area (Å²) in [4.78, 5) is 29.2. The van der Waals surface area contributed by atoms with Gasteiger partial charge in [0.15, 0.2) is 6.10 Å². The first-order valence-electron chi connectivity index (χ1n) is 13.0. The van der Waals surface area contributed by atoms with Crippen LogP contribution in [0.2, 0.25) is 0 Å². The number of hydrogen-bond donors (Lipinski definition) is 2. The molecule has 0 spiro atoms. The van der Waals surface area contributed by atoms with E-state index < -0.39 is 17.7 Å². The van der Waals surface area contributed by atoms with Crippen LogP contribution in [0.1, 0.15) is 67.0 Å². The van der Waals surface area contributed by atoms with Crippen LogP contribution in [0.5, 0.6) is 0 Å². The van der Waals surface area contributed by atoms with Crippen LogP contribution >= 0.6 is 11.3 Å². The molecular weight excluding hydrogens is 522 g/mol. The average molecular weight is 553 g/mol. The fraction of sp³-hybridized carbons (Fsp3) is 0.393. The highest BCUT2D eigenvalue weighted by atomic mass is 32.1. The summed E-state index contributed by atoms with van der Waals surface area (Å²) in [7, 11) is 0. The summed E-state index contributed by atoms with van der Waals surface area (Å²) in [5, 5.41) is 18.4. The van der Waals surface area contributed by atoms with E-state index in [0.29, 0.717) is 41.6 Å². The molecule has 5 rings (SSSR count). The lowest BCUT2D eigenvalue weighted by molar-refractivity contribution is -0.130. The highest BCUT2D eigenvalue weighted by Crippen LogP contribution is 2.35. The number of piperidine rings is 1. The van der Waals surface area contributed by atoms with E-state index in [-0.39, 0.29) is 36.3 Å². The second kappa shape index (κ2) is 11.6. The summed E-state index contributed by atoms with van der Waals surface area (Å²) in [6.07, 6.45) is 2.66. The number of rotatable bonds is 8. The Labute approximate surface area is 229 Å². The molecule has 0 radical (unpaired) electrons. The normalized spacial score (nSPS) is 17.7. The topological polar surface area (TPSA) is 104 Å². The summed E-state index contributed by atoms with van der Waals surface area (Å²) in [6, 6.07) is 7.38. The number of carbonyl (C=O) groups is 1. The molecule has 11 heteroatoms. The van der Waals surface area contributed by atoms with Gasteiger partial charge in [-0.05, 0) is 43.0 Å². The van der Waals surface area contributed by atoms with Crippen LogP contribution in [0.3, 0.4) is 0 Å². The molecule has 2 N–H and O–H groups in total. The minimum absolute atomic E-state index is 0.00941. The molecule has 2 aliphatic heterocycles. The number of thiazole rings is 1. The Morgan fingerprint density at radius 2 is 1.95 bits per heavy atom. The van der Waals surface area contributed by atoms with Crippen LogP contribution in [-0.4, -0.2) is 51.8 Å². The van der Waals surface area contributed by atoms with Gasteiger partial charge < -0.3 is 20.5 Å². The molecule has 1 aromatic carbocycles. The van der Waals surface area contributed by atoms with Gasteiger partial charge in [0, 0.05) is 48.3 Å². The zero-order valence-electron chi connectivity index (χ0n) is 21.8. The summed E-state index contributed by atoms with van der Waals surface area (Å²) < 4.78 is 28.3. The molecular formula is C28H30F2N6O2S. The summed E-state index contributed by atoms with van der Waals surface area (Å²) in [5.41, 5.74) is 2.31. The minimum Gasteiger partial charge on any atom is -0.387 e. The maximum Gasteiger partial charge on any atom is 0.241 e. The lowest BCUT2D eigenvalue weighted by Gasteiger charge is -2.31. The highest BCUT2D eigenvalue weighted by Gasteiger charge is 2.31. The van der Waals surface area contributed by atoms with Crippen molar-refractivity contribution in [1.29, 1.82) is 5.41 Å². The predicted molar refractivity (Wildman–Crippen MR) is 146 cm³/mol. The zero-order chi connectivity index (χ0) is 27.5. The molecule has 8 nitrogen and oxygen atoms in total. The van der Waals surface area contributed by atoms with Crippen molar-refractivity contribution in [2.45, 2.75) is 45.1 Å². The van der Waals surface area contributed by atoms with E-state index in [0.717, 1.165) is 17.8 Å². The first-order valence-corrected chi connectivity index (χ1v) is 13.9. The fourth-order valence-electron chi connectivity index (χ4n) is 4.83. The van der Waals surface area contributed by atoms with Crippen molar-refractivity contribution in [3.05, 3.63) is 75.4 Å². The van der Waals surface area contributed by atoms with Crippen LogP contribution in [0.15, 0.2) is 47.1 Å². The lowest BCUT2D eigenvalue weighted by Crippen LogP contribution is -2.41. The number of hydrogen-bond acceptors (Lipinski definition) is 8. The monoisotopic (exact) mass is 552 g/mol. The van der Waals surface area contributed by atoms with E-state index in [1.54, 1.807) is 12.3 Å². The first kappa shape index (κ1) is 26.9. The number of anilines is 1. The Balaban J connectivity index is 1.14. The average Bonchev–Trinajstić information content (AvgIpc) is 3.62. The third kappa shape index (κ3) is 5.83. The fourth-order valence-corrected chi connectivity index (χ4v) is 5.83. The van der Waals surface area contributed by atoms with Gasteiger partial charge >= 0.3 is 0 Å². The molecule has 1 fully saturated rings. The number of amides is 1. The maximum absolute atomic E-state index is 14.2. The van der Waals surface area contributed by atoms with Gasteiger partial charge in [0.2, 0.25) is 5.91 Å². The van der Waals surface area contributed by atoms with Gasteiger partial charge in [0.05, 0.1) is 22.8 Å². The van der Waals surface area contributed by atoms with Crippen LogP contribution < -0.4 is 5.32 Å². The predicted octanol–water partition coefficient (Wildman–Crippen LogP) is 5.52. The second-order valence-corrected chi connectivity index (χ2v) is 10.9. The third-order valence-electron chi connectivity index (χ3n) is 7.09. The molecule has 204 valence electrons. The van der Waals surface area contributed by atoms with E-state index in [2.05, 4.69) is 15.5 Å². The first-order chi connectivity index (χ1) is 18.8. The van der Waals surface area contributed by atoms with Gasteiger partial charge in [-0.1, -0.05) is 25.1 Å². The van der Waals surface area contributed by atoms with Gasteiger partial charge in [0.25, 0.3) is 0 Å². The number of nitrogens with zero attached hydrogens (tertiary/aromatic N) is 4. The van der Waals surface area contributed by atoms with Crippen LogP contribution in [-0.2, 0) is 9.63 Å². The standard InChI is InChI=1S/C28H30F2N6O2S/c1-16(2)26(31)18-5-4-10-32-27(18)33-14-24(37)36-11-8-17(9-12-36)28-34-22(15-39-28)21-13-23(38-35-21)25-19(29)6-3-7-20(25)30/h3-7,10,15-17,23,31H,8-9,11-14H2,1-2H3,(H,32,33). The van der Waals surface area contributed by atoms with E-state index in [1.807, 2.05) is 30.2 Å². The number of nitrogens with one attached hydrogen (secondary N) is 2. The van der Waals surface area contributed by atoms with Gasteiger partial charge in [-0.2, -0.15) is 0 Å². The van der Waals surface area contributed by atoms with Crippen molar-refractivity contribution >= 4 is 34.5 Å². The van der Waals surface area contributed by atoms with E-state index >= 15 is 0 Å². The Hall–Kier alpha value is -3.73. The number of benzene rings is 1. The zero-order valence-corrected chi connectivity index (χ0v) is 22.6. The van der Waals surface area contributed by atoms with Crippen molar-refractivity contribution in [3.63, 3.8) is 0 Å². The third-order valence-corrected chi connectivity index (χ3v) is 8.09. The molecule has 1 saturated heterocycles. The van der Waals surface area contributed by atoms with E-state index in [4.69, 9.17) is 15.2 Å². The Bertz CT molecular complexity index is 1380. The van der Waals surface area contributed by atoms with E-state index in [1.165, 1.54) is 29.5 Å². The minimum atomic E-state index is -0.813. The number of pyridine rings is 1. The van der Waals surface area contributed by atoms with Gasteiger partial charge in [-0.3, -0.25) is 4.79 Å². The molecule has 4 heterocycles. The van der Waals surface area contributed by atoms with Gasteiger partial charge in [-0.15, -0.1) is 11.3 Å². The van der Waals surface area contributed by atoms with Crippen LogP contribution in [0, 0.1) is 23.0 Å². The summed E-state index contributed by atoms with van der Waals surface area (Å²) in [6.45, 7) is 5.27.